The number of benzene rings is 1. The van der Waals surface area contributed by atoms with Gasteiger partial charge >= 0.3 is 7.12 Å². The third-order valence-corrected chi connectivity index (χ3v) is 4.73. The third kappa shape index (κ3) is 5.06. The lowest BCUT2D eigenvalue weighted by Crippen LogP contribution is -2.57. The number of ether oxygens (including phenoxy) is 1. The number of hydrogen-bond donors (Lipinski definition) is 6. The molecular weight excluding hydrogens is 399 g/mol. The minimum Gasteiger partial charge on any atom is -0.507 e. The Kier molecular flexibility index (Phi) is 6.89. The molecule has 0 spiro atoms. The summed E-state index contributed by atoms with van der Waals surface area (Å²) in [5.41, 5.74) is 0.461. The summed E-state index contributed by atoms with van der Waals surface area (Å²) in [7, 11) is -1.55. The van der Waals surface area contributed by atoms with Gasteiger partial charge in [-0.05, 0) is 24.4 Å². The monoisotopic (exact) mass is 422 g/mol. The van der Waals surface area contributed by atoms with Crippen molar-refractivity contribution >= 4 is 13.0 Å². The number of rotatable bonds is 9. The highest BCUT2D eigenvalue weighted by Gasteiger charge is 2.33. The van der Waals surface area contributed by atoms with E-state index in [1.54, 1.807) is 0 Å². The van der Waals surface area contributed by atoms with Crippen molar-refractivity contribution in [3.8, 4) is 11.5 Å². The Balaban J connectivity index is 1.59. The predicted octanol–water partition coefficient (Wildman–Crippen LogP) is -2.24. The number of aromatic hydroxyl groups is 1. The van der Waals surface area contributed by atoms with E-state index in [0.29, 0.717) is 11.3 Å². The van der Waals surface area contributed by atoms with Crippen molar-refractivity contribution in [2.45, 2.75) is 38.3 Å². The quantitative estimate of drug-likeness (QED) is 0.191. The van der Waals surface area contributed by atoms with E-state index in [4.69, 9.17) is 19.9 Å². The summed E-state index contributed by atoms with van der Waals surface area (Å²) >= 11 is 0. The highest BCUT2D eigenvalue weighted by molar-refractivity contribution is 6.41. The number of aryl methyl sites for hydroxylation is 1. The van der Waals surface area contributed by atoms with Crippen molar-refractivity contribution in [3.63, 3.8) is 0 Å². The van der Waals surface area contributed by atoms with Gasteiger partial charge in [-0.25, -0.2) is 4.68 Å². The smallest absolute Gasteiger partial charge is 0.451 e. The second-order valence-corrected chi connectivity index (χ2v) is 6.98. The van der Waals surface area contributed by atoms with Crippen LogP contribution in [0.15, 0.2) is 18.3 Å². The Morgan fingerprint density at radius 3 is 2.63 bits per heavy atom. The molecule has 1 fully saturated rings. The molecule has 162 valence electrons. The molecule has 2 aromatic rings. The molecule has 12 nitrogen and oxygen atoms in total. The Hall–Kier alpha value is -2.71. The minimum absolute atomic E-state index is 0.0278. The standard InChI is InChI=1S/C17H23BN4O8/c23-9-11-5-22(20-19-11)8-14(24)21-6-12(7-21)30-13-2-1-10(3-4-18(28)29)16(25)15(13)17(26)27/h1-2,5,12,17,23,25-29H,3-4,6-9H2. The number of likely N-dealkylation sites (tertiary alicyclic amines) is 1. The Bertz CT molecular complexity index is 885. The Morgan fingerprint density at radius 2 is 2.03 bits per heavy atom. The van der Waals surface area contributed by atoms with Gasteiger partial charge in [-0.3, -0.25) is 4.79 Å². The van der Waals surface area contributed by atoms with Crippen LogP contribution in [-0.4, -0.2) is 82.6 Å². The molecule has 0 bridgehead atoms. The molecule has 1 aromatic carbocycles. The van der Waals surface area contributed by atoms with Crippen LogP contribution in [0.1, 0.15) is 23.1 Å². The maximum Gasteiger partial charge on any atom is 0.451 e. The van der Waals surface area contributed by atoms with Crippen LogP contribution >= 0.6 is 0 Å². The first-order valence-electron chi connectivity index (χ1n) is 9.29. The molecule has 3 rings (SSSR count). The van der Waals surface area contributed by atoms with Gasteiger partial charge in [-0.15, -0.1) is 5.10 Å². The molecule has 2 heterocycles. The van der Waals surface area contributed by atoms with E-state index in [1.165, 1.54) is 27.9 Å². The minimum atomic E-state index is -2.00. The second kappa shape index (κ2) is 9.41. The van der Waals surface area contributed by atoms with Crippen LogP contribution in [0, 0.1) is 0 Å². The average molecular weight is 422 g/mol. The van der Waals surface area contributed by atoms with Crippen molar-refractivity contribution in [1.82, 2.24) is 19.9 Å². The van der Waals surface area contributed by atoms with E-state index in [0.717, 1.165) is 0 Å². The van der Waals surface area contributed by atoms with Crippen molar-refractivity contribution in [2.75, 3.05) is 13.1 Å². The molecule has 6 N–H and O–H groups in total. The zero-order valence-corrected chi connectivity index (χ0v) is 16.0. The molecule has 1 amide bonds. The Labute approximate surface area is 171 Å². The second-order valence-electron chi connectivity index (χ2n) is 6.98. The predicted molar refractivity (Wildman–Crippen MR) is 101 cm³/mol. The maximum atomic E-state index is 12.2. The lowest BCUT2D eigenvalue weighted by atomic mass is 9.82. The Morgan fingerprint density at radius 1 is 1.30 bits per heavy atom. The molecule has 30 heavy (non-hydrogen) atoms. The van der Waals surface area contributed by atoms with Gasteiger partial charge in [0.05, 0.1) is 31.5 Å². The maximum absolute atomic E-state index is 12.2. The van der Waals surface area contributed by atoms with Crippen LogP contribution in [-0.2, 0) is 24.4 Å². The van der Waals surface area contributed by atoms with Crippen molar-refractivity contribution in [2.24, 2.45) is 0 Å². The molecule has 1 saturated heterocycles. The number of carbonyl (C=O) groups excluding carboxylic acids is 1. The van der Waals surface area contributed by atoms with Gasteiger partial charge in [0.25, 0.3) is 0 Å². The fraction of sp³-hybridized carbons (Fsp3) is 0.471. The van der Waals surface area contributed by atoms with Crippen molar-refractivity contribution < 1.29 is 40.0 Å². The number of aliphatic hydroxyl groups excluding tert-OH is 2. The summed E-state index contributed by atoms with van der Waals surface area (Å²) < 4.78 is 7.04. The van der Waals surface area contributed by atoms with Gasteiger partial charge in [-0.2, -0.15) is 0 Å². The van der Waals surface area contributed by atoms with Crippen LogP contribution in [0.3, 0.4) is 0 Å². The topological polar surface area (TPSA) is 182 Å². The van der Waals surface area contributed by atoms with E-state index < -0.39 is 19.5 Å². The largest absolute Gasteiger partial charge is 0.507 e. The molecule has 0 atom stereocenters. The number of phenols is 1. The molecule has 0 aliphatic carbocycles. The SMILES string of the molecule is O=C(Cn1cc(CO)nn1)N1CC(Oc2ccc(CCB(O)O)c(O)c2C(O)O)C1. The van der Waals surface area contributed by atoms with Gasteiger partial charge in [-0.1, -0.05) is 11.3 Å². The summed E-state index contributed by atoms with van der Waals surface area (Å²) in [6.07, 6.45) is -0.833. The number of amides is 1. The summed E-state index contributed by atoms with van der Waals surface area (Å²) in [6, 6.07) is 2.97. The van der Waals surface area contributed by atoms with Crippen LogP contribution in [0.5, 0.6) is 11.5 Å². The van der Waals surface area contributed by atoms with Gasteiger partial charge in [0.15, 0.2) is 6.29 Å². The third-order valence-electron chi connectivity index (χ3n) is 4.73. The average Bonchev–Trinajstić information content (AvgIpc) is 3.10. The molecule has 1 aliphatic rings. The first-order valence-corrected chi connectivity index (χ1v) is 9.29. The van der Waals surface area contributed by atoms with E-state index in [1.807, 2.05) is 0 Å². The lowest BCUT2D eigenvalue weighted by Gasteiger charge is -2.39. The number of aliphatic hydroxyl groups is 3. The molecule has 0 saturated carbocycles. The molecular formula is C17H23BN4O8. The van der Waals surface area contributed by atoms with Gasteiger partial charge in [0.2, 0.25) is 5.91 Å². The van der Waals surface area contributed by atoms with Crippen molar-refractivity contribution in [3.05, 3.63) is 35.2 Å². The summed E-state index contributed by atoms with van der Waals surface area (Å²) in [6.45, 7) is 0.229. The van der Waals surface area contributed by atoms with Crippen LogP contribution in [0.2, 0.25) is 6.32 Å². The van der Waals surface area contributed by atoms with Gasteiger partial charge in [0, 0.05) is 0 Å². The first-order chi connectivity index (χ1) is 14.3. The van der Waals surface area contributed by atoms with E-state index in [-0.39, 0.29) is 62.0 Å². The number of hydrogen-bond acceptors (Lipinski definition) is 10. The highest BCUT2D eigenvalue weighted by Crippen LogP contribution is 2.37. The zero-order valence-electron chi connectivity index (χ0n) is 16.0. The molecule has 1 aliphatic heterocycles. The van der Waals surface area contributed by atoms with Crippen molar-refractivity contribution in [1.29, 1.82) is 0 Å². The van der Waals surface area contributed by atoms with Gasteiger partial charge < -0.3 is 40.1 Å². The van der Waals surface area contributed by atoms with E-state index >= 15 is 0 Å². The number of carbonyl (C=O) groups is 1. The van der Waals surface area contributed by atoms with E-state index in [9.17, 15) is 20.1 Å². The van der Waals surface area contributed by atoms with E-state index in [2.05, 4.69) is 10.3 Å². The highest BCUT2D eigenvalue weighted by atomic mass is 16.5. The fourth-order valence-corrected chi connectivity index (χ4v) is 3.10. The fourth-order valence-electron chi connectivity index (χ4n) is 3.10. The van der Waals surface area contributed by atoms with Crippen LogP contribution in [0.4, 0.5) is 0 Å². The number of aromatic nitrogens is 3. The lowest BCUT2D eigenvalue weighted by molar-refractivity contribution is -0.141. The van der Waals surface area contributed by atoms with Crippen LogP contribution < -0.4 is 4.74 Å². The molecule has 0 radical (unpaired) electrons. The molecule has 1 aromatic heterocycles. The number of phenolic OH excluding ortho intramolecular Hbond substituents is 1. The summed E-state index contributed by atoms with van der Waals surface area (Å²) in [5, 5.41) is 63.9. The van der Waals surface area contributed by atoms with Crippen LogP contribution in [0.25, 0.3) is 0 Å². The summed E-state index contributed by atoms with van der Waals surface area (Å²) in [5.74, 6) is -0.537. The molecule has 0 unspecified atom stereocenters. The zero-order chi connectivity index (χ0) is 21.8. The first kappa shape index (κ1) is 22.0. The van der Waals surface area contributed by atoms with Gasteiger partial charge in [0.1, 0.15) is 29.8 Å². The summed E-state index contributed by atoms with van der Waals surface area (Å²) in [4.78, 5) is 13.8. The molecule has 13 heteroatoms. The normalized spacial score (nSPS) is 14.1. The number of nitrogens with zero attached hydrogens (tertiary/aromatic N) is 4.